The molecule has 0 aliphatic carbocycles. The van der Waals surface area contributed by atoms with Crippen LogP contribution in [-0.2, 0) is 4.79 Å². The molecule has 0 aromatic carbocycles. The highest BCUT2D eigenvalue weighted by Gasteiger charge is 2.02. The molecule has 2 nitrogen and oxygen atoms in total. The van der Waals surface area contributed by atoms with Crippen LogP contribution in [0.3, 0.4) is 0 Å². The lowest BCUT2D eigenvalue weighted by molar-refractivity contribution is -0.119. The maximum atomic E-state index is 10.9. The monoisotopic (exact) mass is 283 g/mol. The van der Waals surface area contributed by atoms with Crippen molar-refractivity contribution < 1.29 is 4.79 Å². The SMILES string of the molecule is CCCCCCCCCCCCCC[C@@H](C)NC(C)=O. The van der Waals surface area contributed by atoms with Crippen LogP contribution < -0.4 is 5.32 Å². The predicted molar refractivity (Wildman–Crippen MR) is 89.0 cm³/mol. The maximum absolute atomic E-state index is 10.9. The Bertz CT molecular complexity index is 215. The number of unbranched alkanes of at least 4 members (excludes halogenated alkanes) is 11. The van der Waals surface area contributed by atoms with E-state index >= 15 is 0 Å². The molecule has 0 fully saturated rings. The molecule has 2 heteroatoms. The van der Waals surface area contributed by atoms with Crippen LogP contribution in [0, 0.1) is 0 Å². The fourth-order valence-electron chi connectivity index (χ4n) is 2.71. The average Bonchev–Trinajstić information content (AvgIpc) is 2.39. The van der Waals surface area contributed by atoms with Gasteiger partial charge in [-0.2, -0.15) is 0 Å². The molecule has 0 spiro atoms. The van der Waals surface area contributed by atoms with Gasteiger partial charge in [0.15, 0.2) is 0 Å². The van der Waals surface area contributed by atoms with Crippen molar-refractivity contribution >= 4 is 5.91 Å². The zero-order valence-electron chi connectivity index (χ0n) is 14.2. The molecule has 0 aromatic heterocycles. The second-order valence-electron chi connectivity index (χ2n) is 6.28. The molecule has 0 saturated carbocycles. The molecule has 0 rings (SSSR count). The van der Waals surface area contributed by atoms with E-state index in [-0.39, 0.29) is 5.91 Å². The van der Waals surface area contributed by atoms with E-state index in [1.54, 1.807) is 6.92 Å². The van der Waals surface area contributed by atoms with E-state index in [0.29, 0.717) is 6.04 Å². The summed E-state index contributed by atoms with van der Waals surface area (Å²) in [5, 5.41) is 2.94. The minimum Gasteiger partial charge on any atom is -0.354 e. The van der Waals surface area contributed by atoms with E-state index in [4.69, 9.17) is 0 Å². The molecule has 0 heterocycles. The summed E-state index contributed by atoms with van der Waals surface area (Å²) >= 11 is 0. The zero-order chi connectivity index (χ0) is 15.1. The Morgan fingerprint density at radius 1 is 0.800 bits per heavy atom. The summed E-state index contributed by atoms with van der Waals surface area (Å²) < 4.78 is 0. The van der Waals surface area contributed by atoms with Gasteiger partial charge in [-0.15, -0.1) is 0 Å². The summed E-state index contributed by atoms with van der Waals surface area (Å²) in [5.74, 6) is 0.0939. The number of hydrogen-bond donors (Lipinski definition) is 1. The lowest BCUT2D eigenvalue weighted by atomic mass is 10.0. The van der Waals surface area contributed by atoms with Crippen molar-refractivity contribution in [1.82, 2.24) is 5.32 Å². The van der Waals surface area contributed by atoms with Crippen LogP contribution in [0.2, 0.25) is 0 Å². The smallest absolute Gasteiger partial charge is 0.217 e. The van der Waals surface area contributed by atoms with Crippen LogP contribution in [0.15, 0.2) is 0 Å². The lowest BCUT2D eigenvalue weighted by Crippen LogP contribution is -2.30. The molecule has 1 N–H and O–H groups in total. The van der Waals surface area contributed by atoms with Crippen molar-refractivity contribution in [1.29, 1.82) is 0 Å². The summed E-state index contributed by atoms with van der Waals surface area (Å²) in [6.45, 7) is 5.97. The molecular formula is C18H37NO. The van der Waals surface area contributed by atoms with Gasteiger partial charge in [-0.3, -0.25) is 4.79 Å². The van der Waals surface area contributed by atoms with Gasteiger partial charge in [0.1, 0.15) is 0 Å². The number of carbonyl (C=O) groups is 1. The second kappa shape index (κ2) is 14.9. The lowest BCUT2D eigenvalue weighted by Gasteiger charge is -2.11. The van der Waals surface area contributed by atoms with Crippen molar-refractivity contribution in [3.8, 4) is 0 Å². The summed E-state index contributed by atoms with van der Waals surface area (Å²) in [7, 11) is 0. The molecule has 1 atom stereocenters. The molecular weight excluding hydrogens is 246 g/mol. The normalized spacial score (nSPS) is 12.3. The van der Waals surface area contributed by atoms with E-state index in [0.717, 1.165) is 6.42 Å². The summed E-state index contributed by atoms with van der Waals surface area (Å²) in [6.07, 6.45) is 17.8. The Morgan fingerprint density at radius 2 is 1.20 bits per heavy atom. The minimum absolute atomic E-state index is 0.0939. The molecule has 0 aromatic rings. The first-order valence-electron chi connectivity index (χ1n) is 8.94. The first-order valence-corrected chi connectivity index (χ1v) is 8.94. The van der Waals surface area contributed by atoms with Crippen molar-refractivity contribution in [3.05, 3.63) is 0 Å². The largest absolute Gasteiger partial charge is 0.354 e. The molecule has 0 radical (unpaired) electrons. The van der Waals surface area contributed by atoms with Crippen molar-refractivity contribution in [3.63, 3.8) is 0 Å². The van der Waals surface area contributed by atoms with Gasteiger partial charge in [0.2, 0.25) is 5.91 Å². The van der Waals surface area contributed by atoms with Crippen LogP contribution in [0.4, 0.5) is 0 Å². The second-order valence-corrected chi connectivity index (χ2v) is 6.28. The molecule has 120 valence electrons. The van der Waals surface area contributed by atoms with Gasteiger partial charge in [-0.1, -0.05) is 84.0 Å². The Hall–Kier alpha value is -0.530. The first kappa shape index (κ1) is 19.5. The Labute approximate surface area is 127 Å². The van der Waals surface area contributed by atoms with Crippen LogP contribution in [0.1, 0.15) is 104 Å². The van der Waals surface area contributed by atoms with Crippen molar-refractivity contribution in [2.45, 2.75) is 110 Å². The third-order valence-corrected chi connectivity index (χ3v) is 3.94. The van der Waals surface area contributed by atoms with Crippen molar-refractivity contribution in [2.24, 2.45) is 0 Å². The molecule has 0 bridgehead atoms. The summed E-state index contributed by atoms with van der Waals surface area (Å²) in [4.78, 5) is 10.9. The van der Waals surface area contributed by atoms with Crippen LogP contribution >= 0.6 is 0 Å². The molecule has 0 aliphatic rings. The topological polar surface area (TPSA) is 29.1 Å². The zero-order valence-corrected chi connectivity index (χ0v) is 14.2. The number of hydrogen-bond acceptors (Lipinski definition) is 1. The fraction of sp³-hybridized carbons (Fsp3) is 0.944. The van der Waals surface area contributed by atoms with Crippen molar-refractivity contribution in [2.75, 3.05) is 0 Å². The number of carbonyl (C=O) groups excluding carboxylic acids is 1. The van der Waals surface area contributed by atoms with Gasteiger partial charge in [-0.25, -0.2) is 0 Å². The predicted octanol–water partition coefficient (Wildman–Crippen LogP) is 5.60. The molecule has 20 heavy (non-hydrogen) atoms. The van der Waals surface area contributed by atoms with Crippen LogP contribution in [0.25, 0.3) is 0 Å². The fourth-order valence-corrected chi connectivity index (χ4v) is 2.71. The van der Waals surface area contributed by atoms with E-state index < -0.39 is 0 Å². The molecule has 1 amide bonds. The number of amides is 1. The van der Waals surface area contributed by atoms with E-state index in [1.165, 1.54) is 77.0 Å². The highest BCUT2D eigenvalue weighted by molar-refractivity contribution is 5.73. The van der Waals surface area contributed by atoms with Gasteiger partial charge >= 0.3 is 0 Å². The van der Waals surface area contributed by atoms with E-state index in [1.807, 2.05) is 0 Å². The standard InChI is InChI=1S/C18H37NO/c1-4-5-6-7-8-9-10-11-12-13-14-15-16-17(2)19-18(3)20/h17H,4-16H2,1-3H3,(H,19,20)/t17-/m1/s1. The highest BCUT2D eigenvalue weighted by atomic mass is 16.1. The van der Waals surface area contributed by atoms with Gasteiger partial charge in [-0.05, 0) is 13.3 Å². The Morgan fingerprint density at radius 3 is 1.60 bits per heavy atom. The average molecular weight is 284 g/mol. The summed E-state index contributed by atoms with van der Waals surface area (Å²) in [6, 6.07) is 0.343. The first-order chi connectivity index (χ1) is 9.66. The Balaban J connectivity index is 3.08. The summed E-state index contributed by atoms with van der Waals surface area (Å²) in [5.41, 5.74) is 0. The Kier molecular flexibility index (Phi) is 14.5. The van der Waals surface area contributed by atoms with E-state index in [2.05, 4.69) is 19.2 Å². The number of nitrogens with one attached hydrogen (secondary N) is 1. The van der Waals surface area contributed by atoms with Gasteiger partial charge < -0.3 is 5.32 Å². The van der Waals surface area contributed by atoms with E-state index in [9.17, 15) is 4.79 Å². The van der Waals surface area contributed by atoms with Crippen LogP contribution in [-0.4, -0.2) is 11.9 Å². The molecule has 0 saturated heterocycles. The van der Waals surface area contributed by atoms with Gasteiger partial charge in [0, 0.05) is 13.0 Å². The quantitative estimate of drug-likeness (QED) is 0.413. The molecule has 0 unspecified atom stereocenters. The number of rotatable bonds is 14. The van der Waals surface area contributed by atoms with Gasteiger partial charge in [0.25, 0.3) is 0 Å². The highest BCUT2D eigenvalue weighted by Crippen LogP contribution is 2.12. The molecule has 0 aliphatic heterocycles. The minimum atomic E-state index is 0.0939. The van der Waals surface area contributed by atoms with Crippen LogP contribution in [0.5, 0.6) is 0 Å². The van der Waals surface area contributed by atoms with Gasteiger partial charge in [0.05, 0.1) is 0 Å². The maximum Gasteiger partial charge on any atom is 0.217 e. The third kappa shape index (κ3) is 15.5. The third-order valence-electron chi connectivity index (χ3n) is 3.94.